The van der Waals surface area contributed by atoms with Gasteiger partial charge in [-0.1, -0.05) is 11.6 Å². The Morgan fingerprint density at radius 1 is 1.18 bits per heavy atom. The Morgan fingerprint density at radius 3 is 3.00 bits per heavy atom. The van der Waals surface area contributed by atoms with E-state index in [0.717, 1.165) is 40.5 Å². The molecule has 1 aliphatic rings. The average molecular weight is 396 g/mol. The number of nitrogens with two attached hydrogens (primary N) is 1. The molecule has 7 nitrogen and oxygen atoms in total. The molecule has 3 aromatic heterocycles. The molecule has 1 saturated heterocycles. The Hall–Kier alpha value is -2.90. The maximum atomic E-state index is 6.18. The number of fused-ring (bicyclic) bond motifs is 2. The van der Waals surface area contributed by atoms with Crippen molar-refractivity contribution < 1.29 is 9.47 Å². The number of benzene rings is 1. The number of rotatable bonds is 4. The quantitative estimate of drug-likeness (QED) is 0.526. The number of hydrogen-bond donors (Lipinski definition) is 1. The van der Waals surface area contributed by atoms with Crippen LogP contribution in [0, 0.1) is 0 Å². The molecule has 1 aliphatic heterocycles. The fraction of sp³-hybridized carbons (Fsp3) is 0.250. The predicted octanol–water partition coefficient (Wildman–Crippen LogP) is 3.97. The lowest BCUT2D eigenvalue weighted by molar-refractivity contribution is -0.0156. The van der Waals surface area contributed by atoms with Gasteiger partial charge in [-0.15, -0.1) is 0 Å². The number of anilines is 1. The van der Waals surface area contributed by atoms with Gasteiger partial charge >= 0.3 is 0 Å². The van der Waals surface area contributed by atoms with Crippen LogP contribution in [0.3, 0.4) is 0 Å². The molecule has 28 heavy (non-hydrogen) atoms. The number of aromatic nitrogens is 4. The number of ether oxygens (including phenoxy) is 2. The largest absolute Gasteiger partial charge is 0.491 e. The highest BCUT2D eigenvalue weighted by Crippen LogP contribution is 2.32. The standard InChI is InChI=1S/C20H18ClN5O2/c21-19-15-7-8-26(20(15)24-11-23-19)18-6-4-14(28-18)10-27-13-3-1-12-2-5-17(22)25-16(12)9-13/h1-3,5,7-9,11,14,18H,4,6,10H2,(H2,22,25). The van der Waals surface area contributed by atoms with Crippen molar-refractivity contribution in [2.24, 2.45) is 0 Å². The minimum absolute atomic E-state index is 0.00394. The van der Waals surface area contributed by atoms with Crippen molar-refractivity contribution >= 4 is 39.4 Å². The van der Waals surface area contributed by atoms with Crippen molar-refractivity contribution in [2.75, 3.05) is 12.3 Å². The van der Waals surface area contributed by atoms with Crippen molar-refractivity contribution in [3.8, 4) is 5.75 Å². The summed E-state index contributed by atoms with van der Waals surface area (Å²) in [5.41, 5.74) is 7.37. The first-order valence-electron chi connectivity index (χ1n) is 9.09. The Bertz CT molecular complexity index is 1160. The molecule has 142 valence electrons. The minimum Gasteiger partial charge on any atom is -0.491 e. The first-order valence-corrected chi connectivity index (χ1v) is 9.47. The SMILES string of the molecule is Nc1ccc2ccc(OCC3CCC(n4ccc5c(Cl)ncnc54)O3)cc2n1. The highest BCUT2D eigenvalue weighted by molar-refractivity contribution is 6.33. The van der Waals surface area contributed by atoms with Crippen LogP contribution in [-0.2, 0) is 4.74 Å². The van der Waals surface area contributed by atoms with E-state index in [1.165, 1.54) is 6.33 Å². The summed E-state index contributed by atoms with van der Waals surface area (Å²) in [5, 5.41) is 2.31. The van der Waals surface area contributed by atoms with Gasteiger partial charge in [-0.05, 0) is 43.2 Å². The lowest BCUT2D eigenvalue weighted by Crippen LogP contribution is -2.18. The summed E-state index contributed by atoms with van der Waals surface area (Å²) in [6, 6.07) is 11.5. The van der Waals surface area contributed by atoms with Crippen LogP contribution in [0.2, 0.25) is 5.15 Å². The topological polar surface area (TPSA) is 88.1 Å². The summed E-state index contributed by atoms with van der Waals surface area (Å²) < 4.78 is 14.1. The molecule has 4 heterocycles. The molecule has 0 saturated carbocycles. The fourth-order valence-corrected chi connectivity index (χ4v) is 3.77. The molecular weight excluding hydrogens is 378 g/mol. The van der Waals surface area contributed by atoms with Crippen molar-refractivity contribution in [3.05, 3.63) is 54.1 Å². The number of nitrogens with zero attached hydrogens (tertiary/aromatic N) is 4. The molecule has 0 amide bonds. The number of nitrogen functional groups attached to an aromatic ring is 1. The maximum absolute atomic E-state index is 6.18. The number of pyridine rings is 1. The van der Waals surface area contributed by atoms with Gasteiger partial charge in [0.1, 0.15) is 41.5 Å². The van der Waals surface area contributed by atoms with E-state index in [4.69, 9.17) is 26.8 Å². The smallest absolute Gasteiger partial charge is 0.146 e. The second kappa shape index (κ2) is 6.92. The van der Waals surface area contributed by atoms with Gasteiger partial charge in [-0.2, -0.15) is 0 Å². The molecule has 8 heteroatoms. The molecule has 0 aliphatic carbocycles. The summed E-state index contributed by atoms with van der Waals surface area (Å²) in [4.78, 5) is 12.7. The van der Waals surface area contributed by atoms with Gasteiger partial charge in [0.15, 0.2) is 0 Å². The van der Waals surface area contributed by atoms with Crippen molar-refractivity contribution in [3.63, 3.8) is 0 Å². The molecule has 0 radical (unpaired) electrons. The Balaban J connectivity index is 1.27. The highest BCUT2D eigenvalue weighted by Gasteiger charge is 2.28. The highest BCUT2D eigenvalue weighted by atomic mass is 35.5. The van der Waals surface area contributed by atoms with Gasteiger partial charge in [0.25, 0.3) is 0 Å². The van der Waals surface area contributed by atoms with Crippen LogP contribution in [-0.4, -0.2) is 32.2 Å². The summed E-state index contributed by atoms with van der Waals surface area (Å²) in [7, 11) is 0. The number of halogens is 1. The van der Waals surface area contributed by atoms with Gasteiger partial charge in [0.2, 0.25) is 0 Å². The van der Waals surface area contributed by atoms with Gasteiger partial charge in [0, 0.05) is 17.6 Å². The normalized spacial score (nSPS) is 19.5. The van der Waals surface area contributed by atoms with E-state index >= 15 is 0 Å². The maximum Gasteiger partial charge on any atom is 0.146 e. The van der Waals surface area contributed by atoms with Crippen LogP contribution in [0.4, 0.5) is 5.82 Å². The van der Waals surface area contributed by atoms with E-state index in [1.54, 1.807) is 6.07 Å². The van der Waals surface area contributed by atoms with E-state index < -0.39 is 0 Å². The fourth-order valence-electron chi connectivity index (χ4n) is 3.58. The monoisotopic (exact) mass is 395 g/mol. The molecule has 2 unspecified atom stereocenters. The van der Waals surface area contributed by atoms with E-state index in [9.17, 15) is 0 Å². The average Bonchev–Trinajstić information content (AvgIpc) is 3.33. The zero-order valence-electron chi connectivity index (χ0n) is 15.0. The summed E-state index contributed by atoms with van der Waals surface area (Å²) in [5.74, 6) is 1.25. The molecule has 5 rings (SSSR count). The van der Waals surface area contributed by atoms with Crippen molar-refractivity contribution in [1.82, 2.24) is 19.5 Å². The van der Waals surface area contributed by atoms with Crippen molar-refractivity contribution in [1.29, 1.82) is 0 Å². The van der Waals surface area contributed by atoms with E-state index in [0.29, 0.717) is 17.6 Å². The Kier molecular flexibility index (Phi) is 4.26. The van der Waals surface area contributed by atoms with Crippen LogP contribution >= 0.6 is 11.6 Å². The lowest BCUT2D eigenvalue weighted by Gasteiger charge is -2.16. The van der Waals surface area contributed by atoms with Gasteiger partial charge in [-0.25, -0.2) is 15.0 Å². The van der Waals surface area contributed by atoms with Crippen LogP contribution in [0.1, 0.15) is 19.1 Å². The Labute approximate surface area is 166 Å². The van der Waals surface area contributed by atoms with Crippen LogP contribution < -0.4 is 10.5 Å². The van der Waals surface area contributed by atoms with E-state index in [1.807, 2.05) is 41.1 Å². The van der Waals surface area contributed by atoms with Gasteiger partial charge in [0.05, 0.1) is 17.0 Å². The molecule has 2 N–H and O–H groups in total. The van der Waals surface area contributed by atoms with Crippen LogP contribution in [0.25, 0.3) is 21.9 Å². The Morgan fingerprint density at radius 2 is 2.07 bits per heavy atom. The second-order valence-electron chi connectivity index (χ2n) is 6.82. The van der Waals surface area contributed by atoms with Crippen LogP contribution in [0.5, 0.6) is 5.75 Å². The van der Waals surface area contributed by atoms with Crippen molar-refractivity contribution in [2.45, 2.75) is 25.2 Å². The first-order chi connectivity index (χ1) is 13.7. The van der Waals surface area contributed by atoms with E-state index in [2.05, 4.69) is 15.0 Å². The molecule has 2 atom stereocenters. The van der Waals surface area contributed by atoms with Gasteiger partial charge in [-0.3, -0.25) is 0 Å². The lowest BCUT2D eigenvalue weighted by atomic mass is 10.2. The molecule has 1 fully saturated rings. The second-order valence-corrected chi connectivity index (χ2v) is 7.17. The molecule has 0 bridgehead atoms. The zero-order chi connectivity index (χ0) is 19.1. The third-order valence-electron chi connectivity index (χ3n) is 4.98. The third kappa shape index (κ3) is 3.12. The summed E-state index contributed by atoms with van der Waals surface area (Å²) in [6.07, 6.45) is 5.12. The van der Waals surface area contributed by atoms with Gasteiger partial charge < -0.3 is 19.8 Å². The molecular formula is C20H18ClN5O2. The third-order valence-corrected chi connectivity index (χ3v) is 5.28. The molecule has 1 aromatic carbocycles. The molecule has 4 aromatic rings. The van der Waals surface area contributed by atoms with Crippen LogP contribution in [0.15, 0.2) is 48.9 Å². The predicted molar refractivity (Wildman–Crippen MR) is 107 cm³/mol. The molecule has 0 spiro atoms. The number of hydrogen-bond acceptors (Lipinski definition) is 6. The minimum atomic E-state index is -0.0878. The summed E-state index contributed by atoms with van der Waals surface area (Å²) in [6.45, 7) is 0.471. The van der Waals surface area contributed by atoms with E-state index in [-0.39, 0.29) is 12.3 Å². The zero-order valence-corrected chi connectivity index (χ0v) is 15.7. The summed E-state index contributed by atoms with van der Waals surface area (Å²) >= 11 is 6.14. The first kappa shape index (κ1) is 17.2.